The quantitative estimate of drug-likeness (QED) is 0.257. The highest BCUT2D eigenvalue weighted by atomic mass is 16.5. The number of benzene rings is 2. The molecule has 4 rings (SSSR count). The van der Waals surface area contributed by atoms with E-state index in [-0.39, 0.29) is 29.6 Å². The number of nitrogens with zero attached hydrogens (tertiary/aromatic N) is 1. The molecular weight excluding hydrogens is 510 g/mol. The summed E-state index contributed by atoms with van der Waals surface area (Å²) in [4.78, 5) is 52.4. The van der Waals surface area contributed by atoms with Crippen LogP contribution in [0.1, 0.15) is 48.1 Å². The minimum absolute atomic E-state index is 0.0494. The first kappa shape index (κ1) is 28.1. The standard InChI is InChI=1S/C31H31N3O6/c1-18-11-12-23(15-19(18)2)33-29(36)28(35)32-17-25-14-13-24(40-25)16-26-27(31(38)39-5)21(4)34(30(26)37)20(3)22-9-7-6-8-10-22/h6-16,20H,17H2,1-5H3,(H,32,35)(H,33,36)/b26-16+/t20-/m0/s1. The third-order valence-electron chi connectivity index (χ3n) is 6.86. The van der Waals surface area contributed by atoms with E-state index in [2.05, 4.69) is 10.6 Å². The fourth-order valence-corrected chi connectivity index (χ4v) is 4.51. The smallest absolute Gasteiger partial charge is 0.340 e. The van der Waals surface area contributed by atoms with Crippen LogP contribution in [-0.4, -0.2) is 35.7 Å². The number of methoxy groups -OCH3 is 1. The molecule has 1 aliphatic rings. The van der Waals surface area contributed by atoms with Crippen molar-refractivity contribution in [3.63, 3.8) is 0 Å². The molecule has 0 aliphatic carbocycles. The topological polar surface area (TPSA) is 118 Å². The number of hydrogen-bond donors (Lipinski definition) is 2. The fraction of sp³-hybridized carbons (Fsp3) is 0.226. The second kappa shape index (κ2) is 11.9. The Bertz CT molecular complexity index is 1530. The average Bonchev–Trinajstić information content (AvgIpc) is 3.50. The zero-order valence-electron chi connectivity index (χ0n) is 23.0. The van der Waals surface area contributed by atoms with Gasteiger partial charge in [0.05, 0.1) is 30.8 Å². The molecule has 9 nitrogen and oxygen atoms in total. The Morgan fingerprint density at radius 3 is 2.38 bits per heavy atom. The number of allylic oxidation sites excluding steroid dienone is 1. The lowest BCUT2D eigenvalue weighted by molar-refractivity contribution is -0.136. The number of hydrogen-bond acceptors (Lipinski definition) is 6. The van der Waals surface area contributed by atoms with Gasteiger partial charge in [-0.2, -0.15) is 0 Å². The van der Waals surface area contributed by atoms with E-state index < -0.39 is 17.8 Å². The van der Waals surface area contributed by atoms with Crippen molar-refractivity contribution in [3.05, 3.63) is 106 Å². The predicted molar refractivity (Wildman–Crippen MR) is 149 cm³/mol. The lowest BCUT2D eigenvalue weighted by atomic mass is 10.1. The van der Waals surface area contributed by atoms with Gasteiger partial charge in [0.1, 0.15) is 11.5 Å². The summed E-state index contributed by atoms with van der Waals surface area (Å²) in [6.07, 6.45) is 1.48. The second-order valence-electron chi connectivity index (χ2n) is 9.51. The van der Waals surface area contributed by atoms with Gasteiger partial charge in [0.2, 0.25) is 0 Å². The van der Waals surface area contributed by atoms with E-state index in [0.717, 1.165) is 16.7 Å². The number of carbonyl (C=O) groups is 4. The summed E-state index contributed by atoms with van der Waals surface area (Å²) in [5, 5.41) is 5.09. The molecule has 2 N–H and O–H groups in total. The van der Waals surface area contributed by atoms with Gasteiger partial charge in [-0.15, -0.1) is 0 Å². The molecule has 206 valence electrons. The Balaban J connectivity index is 1.48. The molecule has 2 aromatic carbocycles. The summed E-state index contributed by atoms with van der Waals surface area (Å²) in [5.74, 6) is -1.95. The number of rotatable bonds is 7. The van der Waals surface area contributed by atoms with Crippen molar-refractivity contribution in [1.82, 2.24) is 10.2 Å². The maximum absolute atomic E-state index is 13.5. The Morgan fingerprint density at radius 2 is 1.70 bits per heavy atom. The van der Waals surface area contributed by atoms with E-state index in [1.807, 2.05) is 57.2 Å². The number of aryl methyl sites for hydroxylation is 2. The number of nitrogens with one attached hydrogen (secondary N) is 2. The van der Waals surface area contributed by atoms with E-state index in [1.54, 1.807) is 36.1 Å². The van der Waals surface area contributed by atoms with E-state index in [9.17, 15) is 19.2 Å². The van der Waals surface area contributed by atoms with Gasteiger partial charge in [-0.3, -0.25) is 14.4 Å². The Kier molecular flexibility index (Phi) is 8.33. The number of anilines is 1. The minimum Gasteiger partial charge on any atom is -0.465 e. The molecule has 0 unspecified atom stereocenters. The lowest BCUT2D eigenvalue weighted by Crippen LogP contribution is -2.34. The van der Waals surface area contributed by atoms with Gasteiger partial charge >= 0.3 is 17.8 Å². The highest BCUT2D eigenvalue weighted by Crippen LogP contribution is 2.37. The van der Waals surface area contributed by atoms with Crippen molar-refractivity contribution in [1.29, 1.82) is 0 Å². The molecular formula is C31H31N3O6. The third-order valence-corrected chi connectivity index (χ3v) is 6.86. The summed E-state index contributed by atoms with van der Waals surface area (Å²) in [6, 6.07) is 17.8. The number of esters is 1. The monoisotopic (exact) mass is 541 g/mol. The van der Waals surface area contributed by atoms with Gasteiger partial charge in [0.25, 0.3) is 5.91 Å². The summed E-state index contributed by atoms with van der Waals surface area (Å²) in [5.41, 5.74) is 4.29. The van der Waals surface area contributed by atoms with Gasteiger partial charge in [0.15, 0.2) is 0 Å². The molecule has 40 heavy (non-hydrogen) atoms. The molecule has 0 saturated heterocycles. The molecule has 2 heterocycles. The minimum atomic E-state index is -0.822. The fourth-order valence-electron chi connectivity index (χ4n) is 4.51. The Hall–Kier alpha value is -4.92. The van der Waals surface area contributed by atoms with Crippen LogP contribution in [0.15, 0.2) is 81.9 Å². The molecule has 9 heteroatoms. The van der Waals surface area contributed by atoms with Crippen LogP contribution < -0.4 is 10.6 Å². The van der Waals surface area contributed by atoms with E-state index in [4.69, 9.17) is 9.15 Å². The maximum Gasteiger partial charge on any atom is 0.340 e. The van der Waals surface area contributed by atoms with Crippen molar-refractivity contribution in [2.75, 3.05) is 12.4 Å². The van der Waals surface area contributed by atoms with Crippen molar-refractivity contribution < 1.29 is 28.3 Å². The molecule has 1 atom stereocenters. The van der Waals surface area contributed by atoms with Gasteiger partial charge in [-0.25, -0.2) is 4.79 Å². The zero-order chi connectivity index (χ0) is 29.0. The lowest BCUT2D eigenvalue weighted by Gasteiger charge is -2.26. The number of ether oxygens (including phenoxy) is 1. The third kappa shape index (κ3) is 5.88. The molecule has 0 spiro atoms. The summed E-state index contributed by atoms with van der Waals surface area (Å²) in [6.45, 7) is 7.42. The van der Waals surface area contributed by atoms with Gasteiger partial charge in [-0.05, 0) is 74.7 Å². The van der Waals surface area contributed by atoms with Crippen LogP contribution >= 0.6 is 0 Å². The van der Waals surface area contributed by atoms with Crippen molar-refractivity contribution in [2.24, 2.45) is 0 Å². The SMILES string of the molecule is COC(=O)C1=C(C)N([C@@H](C)c2ccccc2)C(=O)/C1=C/c1ccc(CNC(=O)C(=O)Nc2ccc(C)c(C)c2)o1. The van der Waals surface area contributed by atoms with Gasteiger partial charge < -0.3 is 24.7 Å². The van der Waals surface area contributed by atoms with Gasteiger partial charge in [-0.1, -0.05) is 36.4 Å². The molecule has 3 amide bonds. The number of furan rings is 1. The second-order valence-corrected chi connectivity index (χ2v) is 9.51. The van der Waals surface area contributed by atoms with Crippen LogP contribution in [-0.2, 0) is 30.5 Å². The molecule has 0 bridgehead atoms. The van der Waals surface area contributed by atoms with Gasteiger partial charge in [0, 0.05) is 11.4 Å². The van der Waals surface area contributed by atoms with Crippen LogP contribution in [0.5, 0.6) is 0 Å². The summed E-state index contributed by atoms with van der Waals surface area (Å²) < 4.78 is 10.7. The first-order chi connectivity index (χ1) is 19.1. The van der Waals surface area contributed by atoms with Crippen LogP contribution in [0.25, 0.3) is 6.08 Å². The van der Waals surface area contributed by atoms with Crippen LogP contribution in [0, 0.1) is 13.8 Å². The normalized spacial score (nSPS) is 14.9. The van der Waals surface area contributed by atoms with Crippen molar-refractivity contribution in [3.8, 4) is 0 Å². The van der Waals surface area contributed by atoms with Crippen molar-refractivity contribution in [2.45, 2.75) is 40.3 Å². The highest BCUT2D eigenvalue weighted by molar-refractivity contribution is 6.39. The molecule has 1 aliphatic heterocycles. The number of amides is 3. The van der Waals surface area contributed by atoms with E-state index >= 15 is 0 Å². The van der Waals surface area contributed by atoms with Crippen molar-refractivity contribution >= 4 is 35.5 Å². The predicted octanol–water partition coefficient (Wildman–Crippen LogP) is 4.59. The summed E-state index contributed by atoms with van der Waals surface area (Å²) in [7, 11) is 1.26. The zero-order valence-corrected chi connectivity index (χ0v) is 23.0. The Morgan fingerprint density at radius 1 is 0.975 bits per heavy atom. The molecule has 0 radical (unpaired) electrons. The van der Waals surface area contributed by atoms with E-state index in [1.165, 1.54) is 13.2 Å². The molecule has 3 aromatic rings. The van der Waals surface area contributed by atoms with Crippen LogP contribution in [0.2, 0.25) is 0 Å². The maximum atomic E-state index is 13.5. The molecule has 0 fully saturated rings. The average molecular weight is 542 g/mol. The first-order valence-corrected chi connectivity index (χ1v) is 12.8. The van der Waals surface area contributed by atoms with Crippen LogP contribution in [0.3, 0.4) is 0 Å². The summed E-state index contributed by atoms with van der Waals surface area (Å²) >= 11 is 0. The molecule has 0 saturated carbocycles. The highest BCUT2D eigenvalue weighted by Gasteiger charge is 2.39. The van der Waals surface area contributed by atoms with E-state index in [0.29, 0.717) is 22.9 Å². The number of carbonyl (C=O) groups excluding carboxylic acids is 4. The van der Waals surface area contributed by atoms with Crippen LogP contribution in [0.4, 0.5) is 5.69 Å². The first-order valence-electron chi connectivity index (χ1n) is 12.8. The Labute approximate surface area is 232 Å². The largest absolute Gasteiger partial charge is 0.465 e. The molecule has 1 aromatic heterocycles.